The zero-order valence-corrected chi connectivity index (χ0v) is 21.4. The molecule has 0 aliphatic carbocycles. The van der Waals surface area contributed by atoms with Crippen molar-refractivity contribution in [2.75, 3.05) is 7.11 Å². The number of aromatic nitrogens is 2. The van der Waals surface area contributed by atoms with Crippen LogP contribution < -0.4 is 10.1 Å². The van der Waals surface area contributed by atoms with E-state index in [9.17, 15) is 9.59 Å². The molecule has 0 unspecified atom stereocenters. The number of halogens is 1. The first-order valence-electron chi connectivity index (χ1n) is 12.0. The number of hydrogen-bond acceptors (Lipinski definition) is 4. The van der Waals surface area contributed by atoms with Crippen LogP contribution in [0.15, 0.2) is 84.9 Å². The molecule has 0 bridgehead atoms. The van der Waals surface area contributed by atoms with Crippen LogP contribution in [0, 0.1) is 0 Å². The molecule has 0 spiro atoms. The Morgan fingerprint density at radius 3 is 2.46 bits per heavy atom. The number of nitrogens with zero attached hydrogens (tertiary/aromatic N) is 3. The van der Waals surface area contributed by atoms with Gasteiger partial charge in [0.15, 0.2) is 0 Å². The molecule has 1 atom stereocenters. The van der Waals surface area contributed by atoms with Gasteiger partial charge in [-0.25, -0.2) is 0 Å². The maximum atomic E-state index is 13.9. The van der Waals surface area contributed by atoms with Crippen LogP contribution in [0.1, 0.15) is 28.5 Å². The predicted molar refractivity (Wildman–Crippen MR) is 142 cm³/mol. The van der Waals surface area contributed by atoms with Gasteiger partial charge in [-0.15, -0.1) is 0 Å². The summed E-state index contributed by atoms with van der Waals surface area (Å²) in [6, 6.07) is 26.3. The smallest absolute Gasteiger partial charge is 0.273 e. The van der Waals surface area contributed by atoms with Crippen LogP contribution in [-0.2, 0) is 24.4 Å². The standard InChI is InChI=1S/C29H27ClN4O3/c1-29(28(36)31-17-20-8-4-3-5-9-20)19-34-26(16-25(32-34)21-12-14-23(37-2)15-13-21)27(35)33(29)18-22-10-6-7-11-24(22)30/h3-16H,17-19H2,1-2H3,(H,31,36)/t29-/m1/s1. The molecule has 1 aliphatic heterocycles. The monoisotopic (exact) mass is 514 g/mol. The van der Waals surface area contributed by atoms with Crippen LogP contribution in [0.2, 0.25) is 5.02 Å². The van der Waals surface area contributed by atoms with Crippen LogP contribution in [0.25, 0.3) is 11.3 Å². The van der Waals surface area contributed by atoms with Crippen LogP contribution in [0.4, 0.5) is 0 Å². The SMILES string of the molecule is COc1ccc(-c2cc3n(n2)C[C@](C)(C(=O)NCc2ccccc2)N(Cc2ccccc2Cl)C3=O)cc1. The second kappa shape index (κ2) is 10.1. The molecule has 1 N–H and O–H groups in total. The lowest BCUT2D eigenvalue weighted by molar-refractivity contribution is -0.133. The molecular weight excluding hydrogens is 488 g/mol. The fraction of sp³-hybridized carbons (Fsp3) is 0.207. The molecule has 1 aliphatic rings. The average molecular weight is 515 g/mol. The van der Waals surface area contributed by atoms with Gasteiger partial charge >= 0.3 is 0 Å². The fourth-order valence-electron chi connectivity index (χ4n) is 4.56. The Balaban J connectivity index is 1.50. The third kappa shape index (κ3) is 4.82. The second-order valence-electron chi connectivity index (χ2n) is 9.23. The molecule has 0 saturated carbocycles. The maximum absolute atomic E-state index is 13.9. The Bertz CT molecular complexity index is 1440. The molecule has 2 heterocycles. The van der Waals surface area contributed by atoms with Crippen molar-refractivity contribution in [1.29, 1.82) is 0 Å². The van der Waals surface area contributed by atoms with Crippen LogP contribution in [0.5, 0.6) is 5.75 Å². The normalized spacial score (nSPS) is 16.8. The summed E-state index contributed by atoms with van der Waals surface area (Å²) in [7, 11) is 1.61. The highest BCUT2D eigenvalue weighted by Gasteiger charge is 2.48. The van der Waals surface area contributed by atoms with E-state index in [1.807, 2.05) is 72.8 Å². The van der Waals surface area contributed by atoms with E-state index in [1.165, 1.54) is 0 Å². The van der Waals surface area contributed by atoms with Gasteiger partial charge in [-0.3, -0.25) is 14.3 Å². The Hall–Kier alpha value is -4.10. The van der Waals surface area contributed by atoms with E-state index in [1.54, 1.807) is 35.7 Å². The Kier molecular flexibility index (Phi) is 6.72. The van der Waals surface area contributed by atoms with E-state index in [0.29, 0.717) is 23.0 Å². The van der Waals surface area contributed by atoms with Gasteiger partial charge in [0.05, 0.1) is 19.3 Å². The lowest BCUT2D eigenvalue weighted by Crippen LogP contribution is -2.63. The van der Waals surface area contributed by atoms with E-state index in [2.05, 4.69) is 5.32 Å². The maximum Gasteiger partial charge on any atom is 0.273 e. The van der Waals surface area contributed by atoms with E-state index in [4.69, 9.17) is 21.4 Å². The Labute approximate surface area is 220 Å². The first kappa shape index (κ1) is 24.6. The molecule has 8 heteroatoms. The minimum atomic E-state index is -1.19. The van der Waals surface area contributed by atoms with Crippen molar-refractivity contribution in [3.05, 3.63) is 107 Å². The molecule has 1 aromatic heterocycles. The molecule has 188 valence electrons. The van der Waals surface area contributed by atoms with Crippen molar-refractivity contribution in [1.82, 2.24) is 20.0 Å². The summed E-state index contributed by atoms with van der Waals surface area (Å²) < 4.78 is 6.88. The quantitative estimate of drug-likeness (QED) is 0.379. The minimum absolute atomic E-state index is 0.191. The fourth-order valence-corrected chi connectivity index (χ4v) is 4.75. The lowest BCUT2D eigenvalue weighted by atomic mass is 9.94. The number of benzene rings is 3. The molecule has 4 aromatic rings. The number of carbonyl (C=O) groups is 2. The third-order valence-electron chi connectivity index (χ3n) is 6.75. The van der Waals surface area contributed by atoms with E-state index >= 15 is 0 Å². The van der Waals surface area contributed by atoms with Gasteiger partial charge in [-0.05, 0) is 54.4 Å². The van der Waals surface area contributed by atoms with E-state index < -0.39 is 5.54 Å². The summed E-state index contributed by atoms with van der Waals surface area (Å²) in [6.07, 6.45) is 0. The number of amides is 2. The molecule has 0 radical (unpaired) electrons. The van der Waals surface area contributed by atoms with Gasteiger partial charge in [0.2, 0.25) is 5.91 Å². The number of ether oxygens (including phenoxy) is 1. The topological polar surface area (TPSA) is 76.5 Å². The van der Waals surface area contributed by atoms with Gasteiger partial charge in [-0.2, -0.15) is 5.10 Å². The highest BCUT2D eigenvalue weighted by Crippen LogP contribution is 2.33. The first-order valence-corrected chi connectivity index (χ1v) is 12.4. The number of nitrogens with one attached hydrogen (secondary N) is 1. The van der Waals surface area contributed by atoms with Crippen molar-refractivity contribution in [3.63, 3.8) is 0 Å². The highest BCUT2D eigenvalue weighted by atomic mass is 35.5. The summed E-state index contributed by atoms with van der Waals surface area (Å²) in [5, 5.41) is 8.27. The number of hydrogen-bond donors (Lipinski definition) is 1. The molecule has 3 aromatic carbocycles. The molecule has 0 saturated heterocycles. The van der Waals surface area contributed by atoms with E-state index in [-0.39, 0.29) is 24.9 Å². The van der Waals surface area contributed by atoms with Gasteiger partial charge < -0.3 is 15.0 Å². The first-order chi connectivity index (χ1) is 17.9. The number of rotatable bonds is 7. The van der Waals surface area contributed by atoms with Crippen LogP contribution in [0.3, 0.4) is 0 Å². The molecule has 37 heavy (non-hydrogen) atoms. The molecule has 5 rings (SSSR count). The van der Waals surface area contributed by atoms with Crippen molar-refractivity contribution in [3.8, 4) is 17.0 Å². The predicted octanol–water partition coefficient (Wildman–Crippen LogP) is 4.94. The van der Waals surface area contributed by atoms with Crippen LogP contribution in [-0.4, -0.2) is 39.1 Å². The molecule has 7 nitrogen and oxygen atoms in total. The number of methoxy groups -OCH3 is 1. The van der Waals surface area contributed by atoms with Gasteiger partial charge in [0, 0.05) is 23.7 Å². The zero-order valence-electron chi connectivity index (χ0n) is 20.6. The van der Waals surface area contributed by atoms with Crippen molar-refractivity contribution < 1.29 is 14.3 Å². The zero-order chi connectivity index (χ0) is 26.0. The molecule has 0 fully saturated rings. The second-order valence-corrected chi connectivity index (χ2v) is 9.63. The van der Waals surface area contributed by atoms with Crippen molar-refractivity contribution in [2.45, 2.75) is 32.1 Å². The van der Waals surface area contributed by atoms with Gasteiger partial charge in [0.1, 0.15) is 17.0 Å². The van der Waals surface area contributed by atoms with Crippen LogP contribution >= 0.6 is 11.6 Å². The Morgan fingerprint density at radius 1 is 1.05 bits per heavy atom. The largest absolute Gasteiger partial charge is 0.497 e. The summed E-state index contributed by atoms with van der Waals surface area (Å²) in [5.74, 6) is 0.192. The van der Waals surface area contributed by atoms with Gasteiger partial charge in [0.25, 0.3) is 5.91 Å². The van der Waals surface area contributed by atoms with Gasteiger partial charge in [-0.1, -0.05) is 60.1 Å². The number of fused-ring (bicyclic) bond motifs is 1. The summed E-state index contributed by atoms with van der Waals surface area (Å²) in [4.78, 5) is 29.2. The summed E-state index contributed by atoms with van der Waals surface area (Å²) >= 11 is 6.45. The summed E-state index contributed by atoms with van der Waals surface area (Å²) in [5.41, 5.74) is 2.47. The summed E-state index contributed by atoms with van der Waals surface area (Å²) in [6.45, 7) is 2.53. The number of carbonyl (C=O) groups excluding carboxylic acids is 2. The van der Waals surface area contributed by atoms with Crippen molar-refractivity contribution >= 4 is 23.4 Å². The average Bonchev–Trinajstić information content (AvgIpc) is 3.35. The third-order valence-corrected chi connectivity index (χ3v) is 7.12. The Morgan fingerprint density at radius 2 is 1.76 bits per heavy atom. The van der Waals surface area contributed by atoms with E-state index in [0.717, 1.165) is 22.4 Å². The molecular formula is C29H27ClN4O3. The minimum Gasteiger partial charge on any atom is -0.497 e. The molecule has 2 amide bonds. The lowest BCUT2D eigenvalue weighted by Gasteiger charge is -2.43. The van der Waals surface area contributed by atoms with Crippen molar-refractivity contribution in [2.24, 2.45) is 0 Å². The highest BCUT2D eigenvalue weighted by molar-refractivity contribution is 6.31.